The first-order valence-corrected chi connectivity index (χ1v) is 9.13. The highest BCUT2D eigenvalue weighted by Gasteiger charge is 2.20. The zero-order valence-electron chi connectivity index (χ0n) is 11.3. The first-order chi connectivity index (χ1) is 9.03. The van der Waals surface area contributed by atoms with Crippen molar-refractivity contribution >= 4 is 27.5 Å². The molecule has 0 radical (unpaired) electrons. The minimum absolute atomic E-state index is 0.0543. The normalized spacial score (nSPS) is 15.9. The summed E-state index contributed by atoms with van der Waals surface area (Å²) in [6.45, 7) is 4.85. The lowest BCUT2D eigenvalue weighted by atomic mass is 10.2. The maximum atomic E-state index is 12.3. The van der Waals surface area contributed by atoms with Gasteiger partial charge in [0.05, 0.1) is 4.90 Å². The lowest BCUT2D eigenvalue weighted by Gasteiger charge is -2.14. The molecule has 0 saturated heterocycles. The fourth-order valence-electron chi connectivity index (χ4n) is 2.11. The molecule has 0 spiro atoms. The van der Waals surface area contributed by atoms with E-state index in [1.165, 1.54) is 0 Å². The number of nitrogens with one attached hydrogen (secondary N) is 2. The van der Waals surface area contributed by atoms with Gasteiger partial charge in [-0.15, -0.1) is 0 Å². The maximum Gasteiger partial charge on any atom is 0.240 e. The highest BCUT2D eigenvalue weighted by Crippen LogP contribution is 2.25. The van der Waals surface area contributed by atoms with Crippen LogP contribution in [0.25, 0.3) is 0 Å². The molecule has 0 amide bonds. The smallest absolute Gasteiger partial charge is 0.240 e. The van der Waals surface area contributed by atoms with Gasteiger partial charge in [0.25, 0.3) is 0 Å². The number of thioether (sulfide) groups is 1. The second kappa shape index (κ2) is 6.15. The highest BCUT2D eigenvalue weighted by atomic mass is 32.2. The van der Waals surface area contributed by atoms with Crippen LogP contribution in [0.15, 0.2) is 23.1 Å². The Kier molecular flexibility index (Phi) is 4.76. The number of anilines is 1. The summed E-state index contributed by atoms with van der Waals surface area (Å²) in [5.41, 5.74) is 2.13. The Hall–Kier alpha value is -0.720. The maximum absolute atomic E-state index is 12.3. The molecule has 0 fully saturated rings. The van der Waals surface area contributed by atoms with Gasteiger partial charge in [0.2, 0.25) is 10.0 Å². The summed E-state index contributed by atoms with van der Waals surface area (Å²) in [4.78, 5) is 0.364. The Morgan fingerprint density at radius 1 is 1.47 bits per heavy atom. The van der Waals surface area contributed by atoms with Gasteiger partial charge in [-0.1, -0.05) is 6.92 Å². The van der Waals surface area contributed by atoms with E-state index < -0.39 is 10.0 Å². The van der Waals surface area contributed by atoms with Crippen LogP contribution < -0.4 is 10.0 Å². The van der Waals surface area contributed by atoms with Gasteiger partial charge < -0.3 is 5.32 Å². The van der Waals surface area contributed by atoms with Gasteiger partial charge in [0, 0.05) is 24.0 Å². The number of rotatable bonds is 6. The van der Waals surface area contributed by atoms with Gasteiger partial charge in [-0.2, -0.15) is 11.8 Å². The molecule has 1 aliphatic heterocycles. The SMILES string of the molecule is CCSCC(C)NS(=O)(=O)c1ccc2c(c1)CCN2. The third kappa shape index (κ3) is 3.64. The van der Waals surface area contributed by atoms with E-state index in [2.05, 4.69) is 17.0 Å². The van der Waals surface area contributed by atoms with Gasteiger partial charge in [-0.3, -0.25) is 0 Å². The minimum atomic E-state index is -3.40. The first kappa shape index (κ1) is 14.7. The van der Waals surface area contributed by atoms with E-state index in [1.54, 1.807) is 23.9 Å². The molecular weight excluding hydrogens is 280 g/mol. The van der Waals surface area contributed by atoms with Crippen LogP contribution in [0.4, 0.5) is 5.69 Å². The van der Waals surface area contributed by atoms with Gasteiger partial charge in [0.15, 0.2) is 0 Å². The quantitative estimate of drug-likeness (QED) is 0.844. The Bertz CT molecular complexity index is 544. The summed E-state index contributed by atoms with van der Waals surface area (Å²) in [7, 11) is -3.40. The Labute approximate surface area is 119 Å². The summed E-state index contributed by atoms with van der Waals surface area (Å²) in [6.07, 6.45) is 0.889. The fourth-order valence-corrected chi connectivity index (χ4v) is 4.18. The van der Waals surface area contributed by atoms with Crippen molar-refractivity contribution in [2.24, 2.45) is 0 Å². The van der Waals surface area contributed by atoms with Crippen LogP contribution in [-0.2, 0) is 16.4 Å². The van der Waals surface area contributed by atoms with Crippen LogP contribution in [0.1, 0.15) is 19.4 Å². The molecule has 2 N–H and O–H groups in total. The molecule has 6 heteroatoms. The monoisotopic (exact) mass is 300 g/mol. The number of benzene rings is 1. The average molecular weight is 300 g/mol. The fraction of sp³-hybridized carbons (Fsp3) is 0.538. The van der Waals surface area contributed by atoms with Gasteiger partial charge in [0.1, 0.15) is 0 Å². The number of sulfonamides is 1. The van der Waals surface area contributed by atoms with Crippen molar-refractivity contribution in [1.82, 2.24) is 4.72 Å². The molecule has 1 aromatic carbocycles. The van der Waals surface area contributed by atoms with Gasteiger partial charge >= 0.3 is 0 Å². The molecule has 1 unspecified atom stereocenters. The molecule has 106 valence electrons. The predicted octanol–water partition coefficient (Wildman–Crippen LogP) is 2.07. The van der Waals surface area contributed by atoms with Crippen LogP contribution in [0.2, 0.25) is 0 Å². The van der Waals surface area contributed by atoms with Crippen molar-refractivity contribution in [3.63, 3.8) is 0 Å². The minimum Gasteiger partial charge on any atom is -0.384 e. The van der Waals surface area contributed by atoms with E-state index in [0.29, 0.717) is 4.90 Å². The molecule has 2 rings (SSSR count). The molecule has 4 nitrogen and oxygen atoms in total. The van der Waals surface area contributed by atoms with E-state index in [0.717, 1.165) is 35.7 Å². The Morgan fingerprint density at radius 2 is 2.26 bits per heavy atom. The van der Waals surface area contributed by atoms with Crippen molar-refractivity contribution in [2.45, 2.75) is 31.2 Å². The topological polar surface area (TPSA) is 58.2 Å². The molecule has 1 atom stereocenters. The molecule has 1 aliphatic rings. The molecular formula is C13H20N2O2S2. The lowest BCUT2D eigenvalue weighted by molar-refractivity contribution is 0.571. The molecule has 0 aliphatic carbocycles. The molecule has 0 saturated carbocycles. The zero-order chi connectivity index (χ0) is 13.9. The third-order valence-corrected chi connectivity index (χ3v) is 5.76. The number of hydrogen-bond donors (Lipinski definition) is 2. The van der Waals surface area contributed by atoms with Crippen molar-refractivity contribution < 1.29 is 8.42 Å². The van der Waals surface area contributed by atoms with E-state index in [4.69, 9.17) is 0 Å². The molecule has 0 bridgehead atoms. The van der Waals surface area contributed by atoms with Crippen LogP contribution >= 0.6 is 11.8 Å². The molecule has 1 aromatic rings. The second-order valence-electron chi connectivity index (χ2n) is 4.68. The summed E-state index contributed by atoms with van der Waals surface area (Å²) in [5.74, 6) is 1.79. The van der Waals surface area contributed by atoms with Crippen molar-refractivity contribution in [3.8, 4) is 0 Å². The van der Waals surface area contributed by atoms with E-state index in [1.807, 2.05) is 13.0 Å². The standard InChI is InChI=1S/C13H20N2O2S2/c1-3-18-9-10(2)15-19(16,17)12-4-5-13-11(8-12)6-7-14-13/h4-5,8,10,14-15H,3,6-7,9H2,1-2H3. The predicted molar refractivity (Wildman–Crippen MR) is 81.4 cm³/mol. The van der Waals surface area contributed by atoms with E-state index in [-0.39, 0.29) is 6.04 Å². The first-order valence-electron chi connectivity index (χ1n) is 6.50. The second-order valence-corrected chi connectivity index (χ2v) is 7.71. The Morgan fingerprint density at radius 3 is 3.00 bits per heavy atom. The largest absolute Gasteiger partial charge is 0.384 e. The highest BCUT2D eigenvalue weighted by molar-refractivity contribution is 7.99. The number of fused-ring (bicyclic) bond motifs is 1. The zero-order valence-corrected chi connectivity index (χ0v) is 12.9. The lowest BCUT2D eigenvalue weighted by Crippen LogP contribution is -2.34. The number of hydrogen-bond acceptors (Lipinski definition) is 4. The summed E-state index contributed by atoms with van der Waals surface area (Å²) in [6, 6.07) is 5.24. The summed E-state index contributed by atoms with van der Waals surface area (Å²) < 4.78 is 27.3. The van der Waals surface area contributed by atoms with Gasteiger partial charge in [-0.05, 0) is 42.9 Å². The van der Waals surface area contributed by atoms with Crippen LogP contribution in [-0.4, -0.2) is 32.5 Å². The van der Waals surface area contributed by atoms with Crippen molar-refractivity contribution in [3.05, 3.63) is 23.8 Å². The van der Waals surface area contributed by atoms with Crippen LogP contribution in [0.5, 0.6) is 0 Å². The Balaban J connectivity index is 2.11. The van der Waals surface area contributed by atoms with Crippen LogP contribution in [0.3, 0.4) is 0 Å². The van der Waals surface area contributed by atoms with E-state index >= 15 is 0 Å². The summed E-state index contributed by atoms with van der Waals surface area (Å²) in [5, 5.41) is 3.23. The van der Waals surface area contributed by atoms with E-state index in [9.17, 15) is 8.42 Å². The third-order valence-electron chi connectivity index (χ3n) is 3.03. The molecule has 19 heavy (non-hydrogen) atoms. The van der Waals surface area contributed by atoms with Crippen molar-refractivity contribution in [2.75, 3.05) is 23.4 Å². The molecule has 0 aromatic heterocycles. The average Bonchev–Trinajstić information content (AvgIpc) is 2.82. The van der Waals surface area contributed by atoms with Crippen LogP contribution in [0, 0.1) is 0 Å². The summed E-state index contributed by atoms with van der Waals surface area (Å²) >= 11 is 1.74. The van der Waals surface area contributed by atoms with Gasteiger partial charge in [-0.25, -0.2) is 13.1 Å². The molecule has 1 heterocycles. The van der Waals surface area contributed by atoms with Crippen molar-refractivity contribution in [1.29, 1.82) is 0 Å².